The van der Waals surface area contributed by atoms with Crippen LogP contribution < -0.4 is 0 Å². The third kappa shape index (κ3) is 3.36. The molecule has 0 bridgehead atoms. The van der Waals surface area contributed by atoms with Gasteiger partial charge in [-0.3, -0.25) is 9.59 Å². The highest BCUT2D eigenvalue weighted by molar-refractivity contribution is 7.12. The number of methoxy groups -OCH3 is 1. The number of ketones is 1. The van der Waals surface area contributed by atoms with Crippen molar-refractivity contribution in [1.82, 2.24) is 4.90 Å². The van der Waals surface area contributed by atoms with Crippen molar-refractivity contribution in [2.75, 3.05) is 20.3 Å². The zero-order valence-corrected chi connectivity index (χ0v) is 15.2. The molecule has 1 atom stereocenters. The summed E-state index contributed by atoms with van der Waals surface area (Å²) >= 11 is 1.21. The van der Waals surface area contributed by atoms with Crippen LogP contribution in [0.3, 0.4) is 0 Å². The smallest absolute Gasteiger partial charge is 0.337 e. The van der Waals surface area contributed by atoms with Crippen molar-refractivity contribution in [3.05, 3.63) is 69.1 Å². The van der Waals surface area contributed by atoms with Gasteiger partial charge in [0.1, 0.15) is 0 Å². The summed E-state index contributed by atoms with van der Waals surface area (Å²) in [6, 6.07) is 8.69. The van der Waals surface area contributed by atoms with Gasteiger partial charge in [0.05, 0.1) is 35.8 Å². The van der Waals surface area contributed by atoms with Crippen LogP contribution in [0.25, 0.3) is 0 Å². The number of hydrogen-bond donors (Lipinski definition) is 2. The van der Waals surface area contributed by atoms with Crippen molar-refractivity contribution in [1.29, 1.82) is 0 Å². The number of Topliss-reactive ketones (excluding diaryl/α,β-unsaturated/α-hetero) is 1. The number of carbonyl (C=O) groups is 3. The molecule has 7 nitrogen and oxygen atoms in total. The lowest BCUT2D eigenvalue weighted by atomic mass is 9.94. The SMILES string of the molecule is COC(=O)c1ccc(C2C(C(=O)c3cccs3)=C(O)C(=O)N2CCO)cc1. The predicted octanol–water partition coefficient (Wildman–Crippen LogP) is 2.11. The normalized spacial score (nSPS) is 16.7. The molecule has 0 aliphatic carbocycles. The third-order valence-electron chi connectivity index (χ3n) is 4.28. The number of β-amino-alcohol motifs (C(OH)–C–C–N with tert-alkyl or cyclic N) is 1. The lowest BCUT2D eigenvalue weighted by molar-refractivity contribution is -0.129. The Morgan fingerprint density at radius 1 is 1.22 bits per heavy atom. The number of benzene rings is 1. The summed E-state index contributed by atoms with van der Waals surface area (Å²) in [6.45, 7) is -0.371. The summed E-state index contributed by atoms with van der Waals surface area (Å²) in [5.41, 5.74) is 0.814. The Bertz CT molecular complexity index is 901. The fourth-order valence-corrected chi connectivity index (χ4v) is 3.71. The van der Waals surface area contributed by atoms with E-state index in [1.54, 1.807) is 29.6 Å². The summed E-state index contributed by atoms with van der Waals surface area (Å²) in [5, 5.41) is 21.4. The van der Waals surface area contributed by atoms with Gasteiger partial charge in [0.2, 0.25) is 5.78 Å². The molecule has 27 heavy (non-hydrogen) atoms. The molecule has 1 unspecified atom stereocenters. The number of esters is 1. The summed E-state index contributed by atoms with van der Waals surface area (Å²) in [7, 11) is 1.27. The minimum Gasteiger partial charge on any atom is -0.503 e. The van der Waals surface area contributed by atoms with E-state index in [9.17, 15) is 24.6 Å². The van der Waals surface area contributed by atoms with Crippen LogP contribution in [0.15, 0.2) is 53.1 Å². The van der Waals surface area contributed by atoms with Crippen molar-refractivity contribution in [2.45, 2.75) is 6.04 Å². The van der Waals surface area contributed by atoms with Crippen LogP contribution in [0.5, 0.6) is 0 Å². The molecule has 0 saturated heterocycles. The van der Waals surface area contributed by atoms with E-state index in [-0.39, 0.29) is 18.7 Å². The molecule has 140 valence electrons. The Morgan fingerprint density at radius 2 is 1.93 bits per heavy atom. The first-order valence-corrected chi connectivity index (χ1v) is 8.99. The zero-order valence-electron chi connectivity index (χ0n) is 14.4. The summed E-state index contributed by atoms with van der Waals surface area (Å²) < 4.78 is 4.67. The molecule has 0 radical (unpaired) electrons. The van der Waals surface area contributed by atoms with Crippen LogP contribution in [0.1, 0.15) is 31.6 Å². The number of carbonyl (C=O) groups excluding carboxylic acids is 3. The molecule has 1 amide bonds. The lowest BCUT2D eigenvalue weighted by Crippen LogP contribution is -2.33. The number of aliphatic hydroxyl groups excluding tert-OH is 2. The van der Waals surface area contributed by atoms with Crippen LogP contribution in [0.4, 0.5) is 0 Å². The van der Waals surface area contributed by atoms with E-state index in [0.717, 1.165) is 0 Å². The average Bonchev–Trinajstić information content (AvgIpc) is 3.30. The molecule has 1 aliphatic heterocycles. The van der Waals surface area contributed by atoms with Crippen LogP contribution in [-0.2, 0) is 9.53 Å². The van der Waals surface area contributed by atoms with Crippen molar-refractivity contribution in [3.63, 3.8) is 0 Å². The van der Waals surface area contributed by atoms with Gasteiger partial charge >= 0.3 is 5.97 Å². The Kier molecular flexibility index (Phi) is 5.38. The molecule has 0 spiro atoms. The second-order valence-corrected chi connectivity index (χ2v) is 6.75. The lowest BCUT2D eigenvalue weighted by Gasteiger charge is -2.26. The minimum atomic E-state index is -0.856. The first kappa shape index (κ1) is 18.8. The first-order valence-electron chi connectivity index (χ1n) is 8.11. The van der Waals surface area contributed by atoms with E-state index >= 15 is 0 Å². The summed E-state index contributed by atoms with van der Waals surface area (Å²) in [6.07, 6.45) is 0. The number of hydrogen-bond acceptors (Lipinski definition) is 7. The number of thiophene rings is 1. The molecule has 2 aromatic rings. The van der Waals surface area contributed by atoms with Gasteiger partial charge in [0.15, 0.2) is 5.76 Å². The molecule has 0 saturated carbocycles. The second-order valence-electron chi connectivity index (χ2n) is 5.81. The Hall–Kier alpha value is -2.97. The van der Waals surface area contributed by atoms with Crippen LogP contribution in [0.2, 0.25) is 0 Å². The van der Waals surface area contributed by atoms with Gasteiger partial charge in [0, 0.05) is 6.54 Å². The monoisotopic (exact) mass is 387 g/mol. The number of aliphatic hydroxyl groups is 2. The molecule has 0 fully saturated rings. The number of rotatable bonds is 6. The summed E-state index contributed by atoms with van der Waals surface area (Å²) in [5.74, 6) is -2.29. The van der Waals surface area contributed by atoms with E-state index in [0.29, 0.717) is 16.0 Å². The van der Waals surface area contributed by atoms with Gasteiger partial charge in [-0.25, -0.2) is 4.79 Å². The second kappa shape index (κ2) is 7.73. The highest BCUT2D eigenvalue weighted by atomic mass is 32.1. The highest BCUT2D eigenvalue weighted by Gasteiger charge is 2.43. The fraction of sp³-hybridized carbons (Fsp3) is 0.211. The minimum absolute atomic E-state index is 0.0401. The van der Waals surface area contributed by atoms with E-state index in [1.165, 1.54) is 35.5 Å². The van der Waals surface area contributed by atoms with Crippen molar-refractivity contribution < 1.29 is 29.3 Å². The molecule has 2 N–H and O–H groups in total. The van der Waals surface area contributed by atoms with Gasteiger partial charge in [-0.2, -0.15) is 0 Å². The molecule has 8 heteroatoms. The number of nitrogens with zero attached hydrogens (tertiary/aromatic N) is 1. The Labute approximate surface area is 159 Å². The maximum atomic E-state index is 12.9. The van der Waals surface area contributed by atoms with Gasteiger partial charge in [0.25, 0.3) is 5.91 Å². The van der Waals surface area contributed by atoms with E-state index in [2.05, 4.69) is 4.74 Å². The van der Waals surface area contributed by atoms with Gasteiger partial charge in [-0.1, -0.05) is 18.2 Å². The van der Waals surface area contributed by atoms with Crippen molar-refractivity contribution >= 4 is 29.0 Å². The average molecular weight is 387 g/mol. The van der Waals surface area contributed by atoms with E-state index < -0.39 is 29.5 Å². The van der Waals surface area contributed by atoms with Crippen molar-refractivity contribution in [2.24, 2.45) is 0 Å². The zero-order chi connectivity index (χ0) is 19.6. The highest BCUT2D eigenvalue weighted by Crippen LogP contribution is 2.39. The summed E-state index contributed by atoms with van der Waals surface area (Å²) in [4.78, 5) is 38.6. The maximum absolute atomic E-state index is 12.9. The molecule has 2 heterocycles. The van der Waals surface area contributed by atoms with Gasteiger partial charge < -0.3 is 19.8 Å². The van der Waals surface area contributed by atoms with Crippen LogP contribution in [-0.4, -0.2) is 53.0 Å². The van der Waals surface area contributed by atoms with Gasteiger partial charge in [-0.15, -0.1) is 11.3 Å². The molecule has 3 rings (SSSR count). The Balaban J connectivity index is 2.05. The largest absolute Gasteiger partial charge is 0.503 e. The van der Waals surface area contributed by atoms with E-state index in [4.69, 9.17) is 0 Å². The molecular weight excluding hydrogens is 370 g/mol. The van der Waals surface area contributed by atoms with Crippen LogP contribution >= 0.6 is 11.3 Å². The molecule has 1 aromatic heterocycles. The molecule has 1 aromatic carbocycles. The standard InChI is InChI=1S/C19H17NO6S/c1-26-19(25)12-6-4-11(5-7-12)15-14(16(22)13-3-2-10-27-13)17(23)18(24)20(15)8-9-21/h2-7,10,15,21,23H,8-9H2,1H3. The maximum Gasteiger partial charge on any atom is 0.337 e. The predicted molar refractivity (Wildman–Crippen MR) is 97.6 cm³/mol. The fourth-order valence-electron chi connectivity index (χ4n) is 3.03. The quantitative estimate of drug-likeness (QED) is 0.581. The molecule has 1 aliphatic rings. The Morgan fingerprint density at radius 3 is 2.48 bits per heavy atom. The van der Waals surface area contributed by atoms with Gasteiger partial charge in [-0.05, 0) is 29.1 Å². The first-order chi connectivity index (χ1) is 13.0. The number of ether oxygens (including phenoxy) is 1. The topological polar surface area (TPSA) is 104 Å². The van der Waals surface area contributed by atoms with Crippen LogP contribution in [0, 0.1) is 0 Å². The van der Waals surface area contributed by atoms with Crippen molar-refractivity contribution in [3.8, 4) is 0 Å². The number of amides is 1. The van der Waals surface area contributed by atoms with E-state index in [1.807, 2.05) is 0 Å². The third-order valence-corrected chi connectivity index (χ3v) is 5.15. The molecular formula is C19H17NO6S.